The van der Waals surface area contributed by atoms with Gasteiger partial charge in [-0.05, 0) is 24.3 Å². The lowest BCUT2D eigenvalue weighted by Gasteiger charge is -1.98. The van der Waals surface area contributed by atoms with Gasteiger partial charge in [-0.25, -0.2) is 0 Å². The Bertz CT molecular complexity index is 466. The van der Waals surface area contributed by atoms with Crippen molar-refractivity contribution in [2.75, 3.05) is 14.2 Å². The van der Waals surface area contributed by atoms with E-state index in [-0.39, 0.29) is 18.3 Å². The minimum absolute atomic E-state index is 0.0632. The first-order chi connectivity index (χ1) is 8.17. The van der Waals surface area contributed by atoms with Crippen LogP contribution >= 0.6 is 0 Å². The van der Waals surface area contributed by atoms with Crippen LogP contribution in [-0.2, 0) is 9.53 Å². The van der Waals surface area contributed by atoms with Gasteiger partial charge in [0.05, 0.1) is 7.11 Å². The molecule has 0 spiro atoms. The summed E-state index contributed by atoms with van der Waals surface area (Å²) in [7, 11) is 2.90. The van der Waals surface area contributed by atoms with Crippen LogP contribution in [0.2, 0.25) is 0 Å². The number of nitrogens with one attached hydrogen (secondary N) is 1. The second kappa shape index (κ2) is 6.33. The predicted octanol–water partition coefficient (Wildman–Crippen LogP) is 0.961. The van der Waals surface area contributed by atoms with Crippen LogP contribution in [0.4, 0.5) is 0 Å². The zero-order valence-corrected chi connectivity index (χ0v) is 9.74. The number of amides is 1. The van der Waals surface area contributed by atoms with E-state index in [0.29, 0.717) is 5.56 Å². The summed E-state index contributed by atoms with van der Waals surface area (Å²) in [6.07, 6.45) is 0.0632. The number of carbonyl (C=O) groups is 2. The molecule has 0 aliphatic carbocycles. The Morgan fingerprint density at radius 2 is 1.94 bits per heavy atom. The molecule has 4 heteroatoms. The van der Waals surface area contributed by atoms with Gasteiger partial charge in [-0.15, -0.1) is 0 Å². The Morgan fingerprint density at radius 3 is 2.47 bits per heavy atom. The Labute approximate surface area is 100.0 Å². The van der Waals surface area contributed by atoms with Crippen LogP contribution in [0.3, 0.4) is 0 Å². The molecule has 0 heterocycles. The molecule has 17 heavy (non-hydrogen) atoms. The number of ether oxygens (including phenoxy) is 1. The quantitative estimate of drug-likeness (QED) is 0.609. The molecule has 4 nitrogen and oxygen atoms in total. The van der Waals surface area contributed by atoms with Crippen LogP contribution in [-0.4, -0.2) is 26.0 Å². The number of methoxy groups -OCH3 is 1. The minimum Gasteiger partial charge on any atom is -0.468 e. The summed E-state index contributed by atoms with van der Waals surface area (Å²) in [5.41, 5.74) is 1.33. The molecule has 0 atom stereocenters. The maximum atomic E-state index is 11.3. The van der Waals surface area contributed by atoms with Crippen LogP contribution in [0.5, 0.6) is 0 Å². The van der Waals surface area contributed by atoms with Crippen molar-refractivity contribution in [2.24, 2.45) is 0 Å². The van der Waals surface area contributed by atoms with Crippen molar-refractivity contribution in [3.8, 4) is 11.8 Å². The minimum atomic E-state index is -0.362. The molecule has 0 aromatic heterocycles. The first kappa shape index (κ1) is 12.8. The average Bonchev–Trinajstić information content (AvgIpc) is 2.38. The van der Waals surface area contributed by atoms with Crippen molar-refractivity contribution in [3.05, 3.63) is 35.4 Å². The summed E-state index contributed by atoms with van der Waals surface area (Å²) < 4.78 is 4.46. The molecule has 0 aliphatic rings. The highest BCUT2D eigenvalue weighted by atomic mass is 16.5. The summed E-state index contributed by atoms with van der Waals surface area (Å²) >= 11 is 0. The molecule has 0 unspecified atom stereocenters. The number of hydrogen-bond acceptors (Lipinski definition) is 3. The Hall–Kier alpha value is -2.28. The topological polar surface area (TPSA) is 55.4 Å². The summed E-state index contributed by atoms with van der Waals surface area (Å²) in [4.78, 5) is 22.1. The second-order valence-electron chi connectivity index (χ2n) is 3.21. The maximum Gasteiger partial charge on any atom is 0.317 e. The van der Waals surface area contributed by atoms with Gasteiger partial charge < -0.3 is 10.1 Å². The maximum absolute atomic E-state index is 11.3. The lowest BCUT2D eigenvalue weighted by Crippen LogP contribution is -2.17. The number of esters is 1. The van der Waals surface area contributed by atoms with Gasteiger partial charge in [0.15, 0.2) is 0 Å². The van der Waals surface area contributed by atoms with Gasteiger partial charge in [-0.2, -0.15) is 0 Å². The summed E-state index contributed by atoms with van der Waals surface area (Å²) in [5, 5.41) is 2.53. The molecular weight excluding hydrogens is 218 g/mol. The van der Waals surface area contributed by atoms with Crippen LogP contribution in [0.25, 0.3) is 0 Å². The fourth-order valence-electron chi connectivity index (χ4n) is 1.14. The van der Waals surface area contributed by atoms with E-state index in [9.17, 15) is 9.59 Å². The Kier molecular flexibility index (Phi) is 4.77. The smallest absolute Gasteiger partial charge is 0.317 e. The van der Waals surface area contributed by atoms with Crippen molar-refractivity contribution >= 4 is 11.9 Å². The molecule has 1 aromatic carbocycles. The van der Waals surface area contributed by atoms with Gasteiger partial charge in [0.25, 0.3) is 5.91 Å². The largest absolute Gasteiger partial charge is 0.468 e. The number of benzene rings is 1. The molecule has 1 rings (SSSR count). The van der Waals surface area contributed by atoms with Crippen LogP contribution < -0.4 is 5.32 Å². The van der Waals surface area contributed by atoms with E-state index in [1.165, 1.54) is 7.11 Å². The molecule has 0 saturated heterocycles. The van der Waals surface area contributed by atoms with E-state index < -0.39 is 0 Å². The van der Waals surface area contributed by atoms with Gasteiger partial charge in [-0.1, -0.05) is 11.8 Å². The number of hydrogen-bond donors (Lipinski definition) is 1. The van der Waals surface area contributed by atoms with Gasteiger partial charge in [0.1, 0.15) is 6.42 Å². The summed E-state index contributed by atoms with van der Waals surface area (Å²) in [6, 6.07) is 6.83. The van der Waals surface area contributed by atoms with E-state index in [1.54, 1.807) is 31.3 Å². The third-order valence-corrected chi connectivity index (χ3v) is 2.07. The molecule has 1 amide bonds. The van der Waals surface area contributed by atoms with Crippen molar-refractivity contribution in [1.82, 2.24) is 5.32 Å². The average molecular weight is 231 g/mol. The monoisotopic (exact) mass is 231 g/mol. The van der Waals surface area contributed by atoms with Gasteiger partial charge in [-0.3, -0.25) is 9.59 Å². The van der Waals surface area contributed by atoms with Gasteiger partial charge in [0, 0.05) is 18.2 Å². The van der Waals surface area contributed by atoms with Gasteiger partial charge >= 0.3 is 5.97 Å². The molecule has 0 bridgehead atoms. The Morgan fingerprint density at radius 1 is 1.29 bits per heavy atom. The number of carbonyl (C=O) groups excluding carboxylic acids is 2. The normalized spacial score (nSPS) is 8.82. The molecule has 0 aliphatic heterocycles. The van der Waals surface area contributed by atoms with Crippen molar-refractivity contribution in [2.45, 2.75) is 6.42 Å². The fourth-order valence-corrected chi connectivity index (χ4v) is 1.14. The van der Waals surface area contributed by atoms with Crippen LogP contribution in [0, 0.1) is 11.8 Å². The molecule has 88 valence electrons. The van der Waals surface area contributed by atoms with Crippen LogP contribution in [0.15, 0.2) is 24.3 Å². The highest BCUT2D eigenvalue weighted by molar-refractivity contribution is 5.94. The standard InChI is InChI=1S/C13H13NO3/c1-14-13(16)11-8-6-10(7-9-11)4-3-5-12(15)17-2/h6-9H,5H2,1-2H3,(H,14,16). The lowest BCUT2D eigenvalue weighted by atomic mass is 10.1. The summed E-state index contributed by atoms with van der Waals surface area (Å²) in [5.74, 6) is 5.00. The van der Waals surface area contributed by atoms with E-state index in [4.69, 9.17) is 0 Å². The highest BCUT2D eigenvalue weighted by Crippen LogP contribution is 2.03. The molecular formula is C13H13NO3. The molecule has 0 saturated carbocycles. The third-order valence-electron chi connectivity index (χ3n) is 2.07. The van der Waals surface area contributed by atoms with Crippen molar-refractivity contribution in [3.63, 3.8) is 0 Å². The first-order valence-corrected chi connectivity index (χ1v) is 5.05. The van der Waals surface area contributed by atoms with E-state index in [2.05, 4.69) is 21.9 Å². The van der Waals surface area contributed by atoms with Crippen molar-refractivity contribution in [1.29, 1.82) is 0 Å². The van der Waals surface area contributed by atoms with Gasteiger partial charge in [0.2, 0.25) is 0 Å². The van der Waals surface area contributed by atoms with Crippen molar-refractivity contribution < 1.29 is 14.3 Å². The summed E-state index contributed by atoms with van der Waals surface area (Å²) in [6.45, 7) is 0. The van der Waals surface area contributed by atoms with E-state index >= 15 is 0 Å². The zero-order chi connectivity index (χ0) is 12.7. The molecule has 0 fully saturated rings. The van der Waals surface area contributed by atoms with E-state index in [1.807, 2.05) is 0 Å². The van der Waals surface area contributed by atoms with E-state index in [0.717, 1.165) is 5.56 Å². The molecule has 1 N–H and O–H groups in total. The SMILES string of the molecule is CNC(=O)c1ccc(C#CCC(=O)OC)cc1. The first-order valence-electron chi connectivity index (χ1n) is 5.05. The predicted molar refractivity (Wildman–Crippen MR) is 63.3 cm³/mol. The Balaban J connectivity index is 2.68. The van der Waals surface area contributed by atoms with Crippen LogP contribution in [0.1, 0.15) is 22.3 Å². The highest BCUT2D eigenvalue weighted by Gasteiger charge is 2.00. The fraction of sp³-hybridized carbons (Fsp3) is 0.231. The number of rotatable bonds is 2. The third kappa shape index (κ3) is 3.99. The molecule has 1 aromatic rings. The molecule has 0 radical (unpaired) electrons. The lowest BCUT2D eigenvalue weighted by molar-refractivity contribution is -0.139. The zero-order valence-electron chi connectivity index (χ0n) is 9.74. The second-order valence-corrected chi connectivity index (χ2v) is 3.21.